The Labute approximate surface area is 69.4 Å². The third-order valence-corrected chi connectivity index (χ3v) is 0. The summed E-state index contributed by atoms with van der Waals surface area (Å²) in [6.07, 6.45) is 0. The molecule has 0 atom stereocenters. The fourth-order valence-electron chi connectivity index (χ4n) is 0. The molecule has 0 saturated heterocycles. The summed E-state index contributed by atoms with van der Waals surface area (Å²) in [5, 5.41) is 0. The molecule has 46 valence electrons. The van der Waals surface area contributed by atoms with E-state index in [-0.39, 0.29) is 41.3 Å². The summed E-state index contributed by atoms with van der Waals surface area (Å²) in [4.78, 5) is 29.3. The van der Waals surface area contributed by atoms with Crippen molar-refractivity contribution < 1.29 is 19.2 Å². The smallest absolute Gasteiger partial charge is 0.368 e. The van der Waals surface area contributed by atoms with Gasteiger partial charge in [0.05, 0.1) is 0 Å². The zero-order valence-electron chi connectivity index (χ0n) is 2.70. The highest BCUT2D eigenvalue weighted by Gasteiger charge is 2.22. The molecule has 0 fully saturated rings. The summed E-state index contributed by atoms with van der Waals surface area (Å²) in [6, 6.07) is 0. The second kappa shape index (κ2) is 5.46. The van der Waals surface area contributed by atoms with Gasteiger partial charge in [0, 0.05) is 0 Å². The molecule has 0 aliphatic rings. The van der Waals surface area contributed by atoms with Gasteiger partial charge in [-0.25, -0.2) is 0 Å². The van der Waals surface area contributed by atoms with Crippen LogP contribution >= 0.6 is 24.0 Å². The molecule has 0 unspecified atom stereocenters. The second-order valence-electron chi connectivity index (χ2n) is 0.600. The normalized spacial score (nSPS) is 8.57. The van der Waals surface area contributed by atoms with Crippen LogP contribution in [0.1, 0.15) is 0 Å². The third-order valence-electron chi connectivity index (χ3n) is 0. The number of rotatable bonds is 0. The number of hydrogen-bond donors (Lipinski definition) is 4. The lowest BCUT2D eigenvalue weighted by atomic mass is 15.7. The fraction of sp³-hybridized carbons (Fsp3) is 0. The average molecular weight is 254 g/mol. The maximum absolute atomic E-state index is 7.33. The minimum absolute atomic E-state index is 0. The Bertz CT molecular complexity index is 27.2. The molecule has 0 aromatic carbocycles. The van der Waals surface area contributed by atoms with Gasteiger partial charge in [-0.2, -0.15) is 0 Å². The monoisotopic (exact) mass is 254 g/mol. The summed E-state index contributed by atoms with van der Waals surface area (Å²) >= 11 is 0. The molecule has 4 nitrogen and oxygen atoms in total. The minimum atomic E-state index is -4.61. The lowest BCUT2D eigenvalue weighted by Gasteiger charge is -1.91. The third kappa shape index (κ3) is 119. The second-order valence-corrected chi connectivity index (χ2v) is 1.80. The van der Waals surface area contributed by atoms with E-state index in [1.807, 2.05) is 0 Å². The van der Waals surface area contributed by atoms with Crippen molar-refractivity contribution in [2.75, 3.05) is 0 Å². The summed E-state index contributed by atoms with van der Waals surface area (Å²) in [6.45, 7) is 0. The van der Waals surface area contributed by atoms with Crippen LogP contribution in [0, 0.1) is 0 Å². The van der Waals surface area contributed by atoms with Gasteiger partial charge >= 0.3 is 9.05 Å². The molecular formula is H8AlIO4Si. The van der Waals surface area contributed by atoms with Crippen LogP contribution in [0.25, 0.3) is 0 Å². The van der Waals surface area contributed by atoms with Gasteiger partial charge in [0.2, 0.25) is 0 Å². The molecule has 0 rings (SSSR count). The van der Waals surface area contributed by atoms with Gasteiger partial charge in [-0.15, -0.1) is 24.0 Å². The van der Waals surface area contributed by atoms with E-state index in [0.29, 0.717) is 0 Å². The number of halogens is 1. The molecule has 7 heavy (non-hydrogen) atoms. The topological polar surface area (TPSA) is 80.9 Å². The molecule has 4 N–H and O–H groups in total. The van der Waals surface area contributed by atoms with Crippen LogP contribution in [0.15, 0.2) is 0 Å². The zero-order valence-corrected chi connectivity index (χ0v) is 6.03. The van der Waals surface area contributed by atoms with Gasteiger partial charge < -0.3 is 19.2 Å². The molecule has 0 aromatic rings. The van der Waals surface area contributed by atoms with Crippen LogP contribution in [0.3, 0.4) is 0 Å². The van der Waals surface area contributed by atoms with Crippen LogP contribution in [0.2, 0.25) is 0 Å². The molecule has 0 spiro atoms. The molecule has 0 aliphatic carbocycles. The maximum Gasteiger partial charge on any atom is 0.668 e. The first-order chi connectivity index (χ1) is 2.00. The molecule has 0 radical (unpaired) electrons. The molecule has 0 saturated carbocycles. The first-order valence-electron chi connectivity index (χ1n) is 0.894. The van der Waals surface area contributed by atoms with E-state index < -0.39 is 9.05 Å². The Morgan fingerprint density at radius 2 is 0.857 bits per heavy atom. The van der Waals surface area contributed by atoms with Crippen LogP contribution in [0.4, 0.5) is 0 Å². The molecule has 0 bridgehead atoms. The Balaban J connectivity index is -0.0000000800. The predicted octanol–water partition coefficient (Wildman–Crippen LogP) is -3.17. The van der Waals surface area contributed by atoms with E-state index in [1.54, 1.807) is 0 Å². The first kappa shape index (κ1) is 15.8. The summed E-state index contributed by atoms with van der Waals surface area (Å²) in [5.74, 6) is 0. The van der Waals surface area contributed by atoms with E-state index in [2.05, 4.69) is 0 Å². The van der Waals surface area contributed by atoms with Crippen LogP contribution < -0.4 is 0 Å². The van der Waals surface area contributed by atoms with E-state index in [1.165, 1.54) is 0 Å². The average Bonchev–Trinajstić information content (AvgIpc) is 0.722. The largest absolute Gasteiger partial charge is 0.668 e. The van der Waals surface area contributed by atoms with Crippen molar-refractivity contribution in [3.05, 3.63) is 0 Å². The van der Waals surface area contributed by atoms with Gasteiger partial charge in [-0.1, -0.05) is 0 Å². The van der Waals surface area contributed by atoms with Gasteiger partial charge in [0.15, 0.2) is 17.4 Å². The molecule has 7 heteroatoms. The van der Waals surface area contributed by atoms with Gasteiger partial charge in [0.25, 0.3) is 0 Å². The van der Waals surface area contributed by atoms with E-state index in [9.17, 15) is 0 Å². The molecule has 0 aromatic heterocycles. The maximum atomic E-state index is 7.33. The van der Waals surface area contributed by atoms with Crippen molar-refractivity contribution in [1.29, 1.82) is 0 Å². The van der Waals surface area contributed by atoms with Crippen LogP contribution in [-0.2, 0) is 0 Å². The number of hydrogen-bond acceptors (Lipinski definition) is 4. The van der Waals surface area contributed by atoms with Crippen molar-refractivity contribution in [3.63, 3.8) is 0 Å². The predicted molar refractivity (Wildman–Crippen MR) is 40.0 cm³/mol. The molecular weight excluding hydrogens is 246 g/mol. The lowest BCUT2D eigenvalue weighted by molar-refractivity contribution is 0.117. The Hall–Kier alpha value is 1.32. The van der Waals surface area contributed by atoms with Crippen molar-refractivity contribution in [3.8, 4) is 0 Å². The highest BCUT2D eigenvalue weighted by molar-refractivity contribution is 14.0. The van der Waals surface area contributed by atoms with Crippen molar-refractivity contribution >= 4 is 50.4 Å². The Kier molecular flexibility index (Phi) is 12.3. The zero-order chi connectivity index (χ0) is 4.50. The van der Waals surface area contributed by atoms with Gasteiger partial charge in [-0.3, -0.25) is 0 Å². The van der Waals surface area contributed by atoms with Crippen molar-refractivity contribution in [2.45, 2.75) is 0 Å². The van der Waals surface area contributed by atoms with E-state index >= 15 is 0 Å². The SMILES string of the molecule is I.O[Si](O)(O)O.[AlH3]. The minimum Gasteiger partial charge on any atom is -0.368 e. The fourth-order valence-corrected chi connectivity index (χ4v) is 0. The van der Waals surface area contributed by atoms with Crippen molar-refractivity contribution in [2.24, 2.45) is 0 Å². The Morgan fingerprint density at radius 3 is 0.857 bits per heavy atom. The Morgan fingerprint density at radius 1 is 0.857 bits per heavy atom. The summed E-state index contributed by atoms with van der Waals surface area (Å²) in [5.41, 5.74) is 0. The van der Waals surface area contributed by atoms with Gasteiger partial charge in [0.1, 0.15) is 0 Å². The molecule has 0 aliphatic heterocycles. The highest BCUT2D eigenvalue weighted by atomic mass is 127. The quantitative estimate of drug-likeness (QED) is 0.271. The molecule has 0 amide bonds. The van der Waals surface area contributed by atoms with Crippen LogP contribution in [0.5, 0.6) is 0 Å². The van der Waals surface area contributed by atoms with Crippen molar-refractivity contribution in [1.82, 2.24) is 0 Å². The highest BCUT2D eigenvalue weighted by Crippen LogP contribution is 1.67. The van der Waals surface area contributed by atoms with Crippen LogP contribution in [-0.4, -0.2) is 45.6 Å². The van der Waals surface area contributed by atoms with E-state index in [4.69, 9.17) is 19.2 Å². The van der Waals surface area contributed by atoms with E-state index in [0.717, 1.165) is 0 Å². The summed E-state index contributed by atoms with van der Waals surface area (Å²) in [7, 11) is -4.61. The standard InChI is InChI=1S/Al.HI.H4O4Si.3H/c;;1-5(2,3)4;;;/h;1H;1-4H;;;. The summed E-state index contributed by atoms with van der Waals surface area (Å²) < 4.78 is 0. The molecule has 0 heterocycles. The van der Waals surface area contributed by atoms with Gasteiger partial charge in [-0.05, 0) is 0 Å². The first-order valence-corrected chi connectivity index (χ1v) is 2.68. The lowest BCUT2D eigenvalue weighted by Crippen LogP contribution is -2.33.